The molecule has 0 aromatic heterocycles. The number of carbonyl (C=O) groups excluding carboxylic acids is 1. The molecule has 0 saturated heterocycles. The minimum Gasteiger partial charge on any atom is -0.295 e. The van der Waals surface area contributed by atoms with Crippen LogP contribution in [0.3, 0.4) is 0 Å². The van der Waals surface area contributed by atoms with Gasteiger partial charge in [-0.1, -0.05) is 0 Å². The lowest BCUT2D eigenvalue weighted by molar-refractivity contribution is -0.267. The van der Waals surface area contributed by atoms with Gasteiger partial charge in [-0.2, -0.15) is 0 Å². The average molecular weight is 128 g/mol. The molecule has 1 N–H and O–H groups in total. The Labute approximate surface area is 52.9 Å². The number of carbonyl (C=O) groups is 1. The summed E-state index contributed by atoms with van der Waals surface area (Å²) >= 11 is 0. The zero-order valence-electron chi connectivity index (χ0n) is 4.91. The van der Waals surface area contributed by atoms with Crippen molar-refractivity contribution in [3.63, 3.8) is 0 Å². The van der Waals surface area contributed by atoms with Crippen LogP contribution in [0.1, 0.15) is 12.8 Å². The third-order valence-electron chi connectivity index (χ3n) is 1.31. The highest BCUT2D eigenvalue weighted by molar-refractivity contribution is 5.90. The molecular formula is C6H8O3. The summed E-state index contributed by atoms with van der Waals surface area (Å²) in [5, 5.41) is 8.11. The van der Waals surface area contributed by atoms with E-state index in [2.05, 4.69) is 4.89 Å². The van der Waals surface area contributed by atoms with Crippen LogP contribution < -0.4 is 0 Å². The minimum atomic E-state index is -0.275. The molecule has 3 nitrogen and oxygen atoms in total. The smallest absolute Gasteiger partial charge is 0.155 e. The van der Waals surface area contributed by atoms with Crippen molar-refractivity contribution < 1.29 is 14.9 Å². The largest absolute Gasteiger partial charge is 0.295 e. The maximum Gasteiger partial charge on any atom is 0.155 e. The van der Waals surface area contributed by atoms with Gasteiger partial charge in [-0.3, -0.25) is 10.1 Å². The first-order valence-electron chi connectivity index (χ1n) is 2.84. The van der Waals surface area contributed by atoms with E-state index < -0.39 is 0 Å². The van der Waals surface area contributed by atoms with E-state index in [9.17, 15) is 4.79 Å². The second kappa shape index (κ2) is 2.75. The molecule has 50 valence electrons. The first kappa shape index (κ1) is 6.45. The van der Waals surface area contributed by atoms with Gasteiger partial charge in [-0.15, -0.1) is 0 Å². The number of ketones is 1. The van der Waals surface area contributed by atoms with Gasteiger partial charge in [0.2, 0.25) is 0 Å². The monoisotopic (exact) mass is 128 g/mol. The van der Waals surface area contributed by atoms with E-state index in [1.807, 2.05) is 0 Å². The summed E-state index contributed by atoms with van der Waals surface area (Å²) in [6.45, 7) is 0. The Morgan fingerprint density at radius 1 is 1.78 bits per heavy atom. The molecule has 0 radical (unpaired) electrons. The average Bonchev–Trinajstić information content (AvgIpc) is 1.90. The van der Waals surface area contributed by atoms with Gasteiger partial charge >= 0.3 is 0 Å². The van der Waals surface area contributed by atoms with Gasteiger partial charge in [0.25, 0.3) is 0 Å². The van der Waals surface area contributed by atoms with Gasteiger partial charge in [0.1, 0.15) is 6.10 Å². The van der Waals surface area contributed by atoms with Crippen LogP contribution in [0.2, 0.25) is 0 Å². The predicted molar refractivity (Wildman–Crippen MR) is 30.9 cm³/mol. The Morgan fingerprint density at radius 3 is 3.00 bits per heavy atom. The highest BCUT2D eigenvalue weighted by atomic mass is 17.1. The summed E-state index contributed by atoms with van der Waals surface area (Å²) in [5.74, 6) is 0.100. The number of allylic oxidation sites excluding steroid dienone is 1. The van der Waals surface area contributed by atoms with E-state index in [0.717, 1.165) is 0 Å². The third kappa shape index (κ3) is 1.62. The fraction of sp³-hybridized carbons (Fsp3) is 0.500. The molecule has 0 bridgehead atoms. The van der Waals surface area contributed by atoms with E-state index in [4.69, 9.17) is 5.26 Å². The Bertz CT molecular complexity index is 139. The fourth-order valence-electron chi connectivity index (χ4n) is 0.767. The van der Waals surface area contributed by atoms with E-state index in [-0.39, 0.29) is 11.9 Å². The molecule has 1 rings (SSSR count). The van der Waals surface area contributed by atoms with E-state index in [1.165, 1.54) is 6.08 Å². The fourth-order valence-corrected chi connectivity index (χ4v) is 0.767. The summed E-state index contributed by atoms with van der Waals surface area (Å²) in [7, 11) is 0. The standard InChI is InChI=1S/C6H8O3/c7-5-1-3-6(9-8)4-2-5/h1,3,6,8H,2,4H2. The Hall–Kier alpha value is -0.670. The van der Waals surface area contributed by atoms with Gasteiger partial charge < -0.3 is 0 Å². The van der Waals surface area contributed by atoms with Crippen molar-refractivity contribution in [1.29, 1.82) is 0 Å². The van der Waals surface area contributed by atoms with E-state index in [0.29, 0.717) is 12.8 Å². The molecule has 1 unspecified atom stereocenters. The SMILES string of the molecule is O=C1C=CC(OO)CC1. The second-order valence-corrected chi connectivity index (χ2v) is 2.01. The summed E-state index contributed by atoms with van der Waals surface area (Å²) in [6.07, 6.45) is 3.78. The molecular weight excluding hydrogens is 120 g/mol. The first-order valence-corrected chi connectivity index (χ1v) is 2.84. The van der Waals surface area contributed by atoms with E-state index in [1.54, 1.807) is 6.08 Å². The number of rotatable bonds is 1. The molecule has 0 spiro atoms. The maximum absolute atomic E-state index is 10.5. The summed E-state index contributed by atoms with van der Waals surface area (Å²) in [6, 6.07) is 0. The maximum atomic E-state index is 10.5. The van der Waals surface area contributed by atoms with Crippen LogP contribution in [0.15, 0.2) is 12.2 Å². The molecule has 3 heteroatoms. The van der Waals surface area contributed by atoms with Crippen LogP contribution in [0.5, 0.6) is 0 Å². The van der Waals surface area contributed by atoms with Gasteiger partial charge in [0.05, 0.1) is 0 Å². The molecule has 9 heavy (non-hydrogen) atoms. The van der Waals surface area contributed by atoms with Gasteiger partial charge in [0, 0.05) is 6.42 Å². The van der Waals surface area contributed by atoms with Crippen molar-refractivity contribution in [3.8, 4) is 0 Å². The topological polar surface area (TPSA) is 46.5 Å². The highest BCUT2D eigenvalue weighted by Crippen LogP contribution is 2.09. The Balaban J connectivity index is 2.48. The van der Waals surface area contributed by atoms with Crippen LogP contribution in [-0.4, -0.2) is 17.1 Å². The van der Waals surface area contributed by atoms with Crippen molar-refractivity contribution in [1.82, 2.24) is 0 Å². The van der Waals surface area contributed by atoms with Gasteiger partial charge in [0.15, 0.2) is 5.78 Å². The van der Waals surface area contributed by atoms with Crippen molar-refractivity contribution in [2.45, 2.75) is 18.9 Å². The zero-order chi connectivity index (χ0) is 6.69. The summed E-state index contributed by atoms with van der Waals surface area (Å²) in [4.78, 5) is 14.5. The Morgan fingerprint density at radius 2 is 2.56 bits per heavy atom. The third-order valence-corrected chi connectivity index (χ3v) is 1.31. The van der Waals surface area contributed by atoms with Crippen LogP contribution in [-0.2, 0) is 9.68 Å². The molecule has 0 aliphatic heterocycles. The minimum absolute atomic E-state index is 0.100. The Kier molecular flexibility index (Phi) is 1.97. The van der Waals surface area contributed by atoms with Crippen LogP contribution in [0, 0.1) is 0 Å². The van der Waals surface area contributed by atoms with Crippen molar-refractivity contribution >= 4 is 5.78 Å². The predicted octanol–water partition coefficient (Wildman–Crippen LogP) is 0.764. The first-order chi connectivity index (χ1) is 4.33. The number of hydrogen-bond donors (Lipinski definition) is 1. The molecule has 0 heterocycles. The van der Waals surface area contributed by atoms with E-state index >= 15 is 0 Å². The molecule has 0 aromatic rings. The lowest BCUT2D eigenvalue weighted by atomic mass is 10.0. The van der Waals surface area contributed by atoms with Crippen molar-refractivity contribution in [2.75, 3.05) is 0 Å². The molecule has 1 aliphatic rings. The van der Waals surface area contributed by atoms with Gasteiger partial charge in [-0.05, 0) is 18.6 Å². The molecule has 0 aromatic carbocycles. The quantitative estimate of drug-likeness (QED) is 0.419. The number of hydrogen-bond acceptors (Lipinski definition) is 3. The summed E-state index contributed by atoms with van der Waals surface area (Å²) < 4.78 is 0. The second-order valence-electron chi connectivity index (χ2n) is 2.01. The lowest BCUT2D eigenvalue weighted by Gasteiger charge is -2.10. The molecule has 1 atom stereocenters. The van der Waals surface area contributed by atoms with Crippen LogP contribution >= 0.6 is 0 Å². The zero-order valence-corrected chi connectivity index (χ0v) is 4.91. The van der Waals surface area contributed by atoms with Crippen LogP contribution in [0.25, 0.3) is 0 Å². The lowest BCUT2D eigenvalue weighted by Crippen LogP contribution is -2.14. The summed E-state index contributed by atoms with van der Waals surface area (Å²) in [5.41, 5.74) is 0. The van der Waals surface area contributed by atoms with Crippen LogP contribution in [0.4, 0.5) is 0 Å². The normalized spacial score (nSPS) is 26.8. The molecule has 0 saturated carbocycles. The molecule has 0 amide bonds. The molecule has 0 fully saturated rings. The highest BCUT2D eigenvalue weighted by Gasteiger charge is 2.12. The van der Waals surface area contributed by atoms with Gasteiger partial charge in [-0.25, -0.2) is 4.89 Å². The van der Waals surface area contributed by atoms with Crippen molar-refractivity contribution in [2.24, 2.45) is 0 Å². The van der Waals surface area contributed by atoms with Crippen molar-refractivity contribution in [3.05, 3.63) is 12.2 Å². The molecule has 1 aliphatic carbocycles.